The maximum atomic E-state index is 12.5. The summed E-state index contributed by atoms with van der Waals surface area (Å²) in [4.78, 5) is 60.5. The molecule has 0 aliphatic carbocycles. The second kappa shape index (κ2) is 44.8. The summed E-state index contributed by atoms with van der Waals surface area (Å²) in [7, 11) is 9.77. The number of benzene rings is 10. The van der Waals surface area contributed by atoms with E-state index >= 15 is 0 Å². The maximum Gasteiger partial charge on any atom is 0.322 e. The number of rotatable bonds is 25. The number of carboxylic acids is 1. The summed E-state index contributed by atoms with van der Waals surface area (Å²) in [6.07, 6.45) is 0. The van der Waals surface area contributed by atoms with Crippen LogP contribution < -0.4 is 16.0 Å². The average molecular weight is 1540 g/mol. The molecule has 5 N–H and O–H groups in total. The van der Waals surface area contributed by atoms with Crippen molar-refractivity contribution in [3.05, 3.63) is 293 Å². The number of aliphatic hydroxyl groups is 1. The van der Waals surface area contributed by atoms with Gasteiger partial charge in [-0.25, -0.2) is 0 Å². The zero-order valence-corrected chi connectivity index (χ0v) is 64.0. The van der Waals surface area contributed by atoms with Crippen molar-refractivity contribution >= 4 is 99.2 Å². The maximum absolute atomic E-state index is 12.5. The number of nitrogens with zero attached hydrogens (tertiary/aromatic N) is 1. The molecule has 10 rings (SSSR count). The first-order valence-corrected chi connectivity index (χ1v) is 35.3. The number of methoxy groups -OCH3 is 5. The van der Waals surface area contributed by atoms with Crippen LogP contribution in [0.2, 0.25) is 30.1 Å². The number of hydrogen-bond acceptors (Lipinski definition) is 11. The third-order valence-electron chi connectivity index (χ3n) is 15.9. The molecule has 0 saturated carbocycles. The minimum atomic E-state index is -1.09. The molecule has 0 aliphatic heterocycles. The van der Waals surface area contributed by atoms with Gasteiger partial charge in [0.25, 0.3) is 23.6 Å². The van der Waals surface area contributed by atoms with E-state index in [1.165, 1.54) is 0 Å². The molecule has 0 bridgehead atoms. The fraction of sp³-hybridized carbons (Fsp3) is 0.217. The van der Waals surface area contributed by atoms with Crippen molar-refractivity contribution in [1.29, 1.82) is 0 Å². The molecule has 0 fully saturated rings. The van der Waals surface area contributed by atoms with Gasteiger partial charge in [-0.05, 0) is 219 Å². The molecule has 4 amide bonds. The van der Waals surface area contributed by atoms with E-state index in [9.17, 15) is 24.0 Å². The van der Waals surface area contributed by atoms with E-state index in [1.54, 1.807) is 79.0 Å². The summed E-state index contributed by atoms with van der Waals surface area (Å²) in [6, 6.07) is 65.7. The minimum absolute atomic E-state index is 0.0509. The highest BCUT2D eigenvalue weighted by Gasteiger charge is 2.18. The van der Waals surface area contributed by atoms with Crippen molar-refractivity contribution in [3.63, 3.8) is 0 Å². The van der Waals surface area contributed by atoms with Gasteiger partial charge in [0, 0.05) is 115 Å². The molecule has 0 spiro atoms. The van der Waals surface area contributed by atoms with Crippen molar-refractivity contribution in [2.45, 2.75) is 46.9 Å². The van der Waals surface area contributed by atoms with Gasteiger partial charge in [-0.1, -0.05) is 161 Å². The van der Waals surface area contributed by atoms with Crippen molar-refractivity contribution < 1.29 is 57.9 Å². The average Bonchev–Trinajstić information content (AvgIpc) is 0.682. The Balaban J connectivity index is 0.000000206. The van der Waals surface area contributed by atoms with Gasteiger partial charge in [-0.15, -0.1) is 0 Å². The second-order valence-electron chi connectivity index (χ2n) is 23.1. The predicted molar refractivity (Wildman–Crippen MR) is 423 cm³/mol. The number of hydrogen-bond donors (Lipinski definition) is 5. The van der Waals surface area contributed by atoms with Crippen molar-refractivity contribution in [1.82, 2.24) is 20.9 Å². The van der Waals surface area contributed by atoms with Crippen LogP contribution in [-0.2, 0) is 61.5 Å². The normalized spacial score (nSPS) is 10.5. The summed E-state index contributed by atoms with van der Waals surface area (Å²) < 4.78 is 26.1. The summed E-state index contributed by atoms with van der Waals surface area (Å²) in [5.41, 5.74) is 17.3. The highest BCUT2D eigenvalue weighted by Crippen LogP contribution is 2.33. The zero-order chi connectivity index (χ0) is 76.4. The predicted octanol–water partition coefficient (Wildman–Crippen LogP) is 18.8. The first-order valence-electron chi connectivity index (χ1n) is 33.1. The minimum Gasteiger partial charge on any atom is -0.480 e. The van der Waals surface area contributed by atoms with Gasteiger partial charge in [-0.3, -0.25) is 24.0 Å². The Morgan fingerprint density at radius 2 is 0.610 bits per heavy atom. The molecule has 16 nitrogen and oxygen atoms in total. The third kappa shape index (κ3) is 26.6. The van der Waals surface area contributed by atoms with Crippen LogP contribution in [0.3, 0.4) is 0 Å². The lowest BCUT2D eigenvalue weighted by Crippen LogP contribution is -2.30. The Morgan fingerprint density at radius 1 is 0.352 bits per heavy atom. The molecule has 22 heteroatoms. The molecule has 0 radical (unpaired) electrons. The summed E-state index contributed by atoms with van der Waals surface area (Å²) in [5.74, 6) is -1.80. The van der Waals surface area contributed by atoms with E-state index in [-0.39, 0.29) is 30.9 Å². The van der Waals surface area contributed by atoms with Crippen LogP contribution in [0.15, 0.2) is 212 Å². The number of aliphatic carboxylic acids is 1. The highest BCUT2D eigenvalue weighted by atomic mass is 35.5. The summed E-state index contributed by atoms with van der Waals surface area (Å²) >= 11 is 35.6. The largest absolute Gasteiger partial charge is 0.480 e. The summed E-state index contributed by atoms with van der Waals surface area (Å²) in [6.45, 7) is 7.28. The molecule has 0 aromatic heterocycles. The number of carbonyl (C=O) groups is 5. The van der Waals surface area contributed by atoms with E-state index in [1.807, 2.05) is 195 Å². The Kier molecular flexibility index (Phi) is 36.2. The van der Waals surface area contributed by atoms with Crippen LogP contribution in [0.1, 0.15) is 83.1 Å². The van der Waals surface area contributed by atoms with Gasteiger partial charge in [-0.2, -0.15) is 0 Å². The van der Waals surface area contributed by atoms with Gasteiger partial charge in [0.15, 0.2) is 0 Å². The van der Waals surface area contributed by atoms with Crippen LogP contribution in [-0.4, -0.2) is 120 Å². The lowest BCUT2D eigenvalue weighted by atomic mass is 9.97. The molecule has 105 heavy (non-hydrogen) atoms. The van der Waals surface area contributed by atoms with Gasteiger partial charge in [0.2, 0.25) is 0 Å². The number of carboxylic acid groups (broad SMARTS) is 1. The van der Waals surface area contributed by atoms with Crippen molar-refractivity contribution in [2.75, 3.05) is 75.4 Å². The lowest BCUT2D eigenvalue weighted by Gasteiger charge is -2.20. The van der Waals surface area contributed by atoms with Crippen LogP contribution in [0, 0.1) is 0 Å². The number of amides is 4. The standard InChI is InChI=1S/C19H22ClNO2.C17H16ClNO4.C17H18ClNO3.C16H16ClNO2.C14H12Cl2O/c1-4-21(5-2)19(22)15-8-11-18(16(12-15)13-23-3)14-6-9-17(20)10-7-14;1-23-10-13-8-12(17(22)19-9-16(20)21)4-7-15(13)11-2-5-14(18)6-3-11;1-22-11-14-10-13(17(21)19-8-9-20)4-7-16(14)12-2-5-15(18)6-3-12;1-18-16(19)12-5-8-15(13(9-12)10-20-2)11-3-6-14(17)7-4-11;1-17-9-11-8-13(16)6-7-14(11)10-2-4-12(15)5-3-10/h6-12H,4-5,13H2,1-3H3;2-8H,9-10H2,1H3,(H,19,22)(H,20,21);2-7,10,20H,8-9,11H2,1H3,(H,19,21);3-9H,10H2,1-2H3,(H,18,19);2-8H,9H2,1H3. The van der Waals surface area contributed by atoms with E-state index in [0.29, 0.717) is 88.5 Å². The zero-order valence-electron chi connectivity index (χ0n) is 59.5. The molecule has 0 unspecified atom stereocenters. The molecule has 0 atom stereocenters. The molecule has 0 saturated heterocycles. The van der Waals surface area contributed by atoms with Crippen LogP contribution in [0.4, 0.5) is 0 Å². The molecule has 10 aromatic rings. The Bertz CT molecular complexity index is 4450. The first-order chi connectivity index (χ1) is 50.6. The topological polar surface area (TPSA) is 211 Å². The molecule has 0 aliphatic rings. The van der Waals surface area contributed by atoms with Gasteiger partial charge < -0.3 is 54.7 Å². The first kappa shape index (κ1) is 85.0. The lowest BCUT2D eigenvalue weighted by molar-refractivity contribution is -0.135. The van der Waals surface area contributed by atoms with Gasteiger partial charge >= 0.3 is 5.97 Å². The fourth-order valence-electron chi connectivity index (χ4n) is 10.8. The second-order valence-corrected chi connectivity index (χ2v) is 25.7. The third-order valence-corrected chi connectivity index (χ3v) is 17.4. The van der Waals surface area contributed by atoms with Crippen LogP contribution in [0.5, 0.6) is 0 Å². The van der Waals surface area contributed by atoms with Gasteiger partial charge in [0.05, 0.1) is 39.6 Å². The number of ether oxygens (including phenoxy) is 5. The van der Waals surface area contributed by atoms with Crippen molar-refractivity contribution in [2.24, 2.45) is 0 Å². The molecule has 550 valence electrons. The Labute approximate surface area is 644 Å². The number of aliphatic hydroxyl groups excluding tert-OH is 1. The van der Waals surface area contributed by atoms with E-state index in [0.717, 1.165) is 93.5 Å². The quantitative estimate of drug-likeness (QED) is 0.0362. The Morgan fingerprint density at radius 3 is 0.886 bits per heavy atom. The monoisotopic (exact) mass is 1540 g/mol. The van der Waals surface area contributed by atoms with Gasteiger partial charge in [0.1, 0.15) is 6.54 Å². The highest BCUT2D eigenvalue weighted by molar-refractivity contribution is 6.32. The Hall–Kier alpha value is -8.95. The van der Waals surface area contributed by atoms with E-state index in [4.69, 9.17) is 104 Å². The van der Waals surface area contributed by atoms with Crippen molar-refractivity contribution in [3.8, 4) is 55.6 Å². The van der Waals surface area contributed by atoms with E-state index < -0.39 is 18.4 Å². The number of nitrogens with one attached hydrogen (secondary N) is 3. The molecule has 0 heterocycles. The molecular weight excluding hydrogens is 1460 g/mol. The summed E-state index contributed by atoms with van der Waals surface area (Å²) in [5, 5.41) is 29.2. The molecule has 10 aromatic carbocycles. The number of carbonyl (C=O) groups excluding carboxylic acids is 4. The molecular formula is C83H84Cl6N4O12. The van der Waals surface area contributed by atoms with Crippen LogP contribution in [0.25, 0.3) is 55.6 Å². The number of halogens is 6. The van der Waals surface area contributed by atoms with E-state index in [2.05, 4.69) is 16.0 Å². The smallest absolute Gasteiger partial charge is 0.322 e. The fourth-order valence-corrected chi connectivity index (χ4v) is 11.6. The SMILES string of the molecule is CCN(CC)C(=O)c1ccc(-c2ccc(Cl)cc2)c(COC)c1.CNC(=O)c1ccc(-c2ccc(Cl)cc2)c(COC)c1.COCc1cc(C(=O)NCC(=O)O)ccc1-c1ccc(Cl)cc1.COCc1cc(C(=O)NCCO)ccc1-c1ccc(Cl)cc1.COCc1cc(Cl)ccc1-c1ccc(Cl)cc1. The van der Waals surface area contributed by atoms with Crippen LogP contribution >= 0.6 is 69.6 Å².